The molecule has 0 saturated carbocycles. The van der Waals surface area contributed by atoms with Gasteiger partial charge in [0.1, 0.15) is 11.5 Å². The highest BCUT2D eigenvalue weighted by molar-refractivity contribution is 5.95. The Bertz CT molecular complexity index is 603. The summed E-state index contributed by atoms with van der Waals surface area (Å²) in [6, 6.07) is 13.6. The van der Waals surface area contributed by atoms with Crippen molar-refractivity contribution in [3.05, 3.63) is 59.7 Å². The third-order valence-electron chi connectivity index (χ3n) is 3.23. The number of benzene rings is 2. The van der Waals surface area contributed by atoms with Crippen molar-refractivity contribution >= 4 is 5.91 Å². The number of rotatable bonds is 4. The van der Waals surface area contributed by atoms with Crippen molar-refractivity contribution in [2.24, 2.45) is 0 Å². The number of hydrogen-bond acceptors (Lipinski definition) is 3. The van der Waals surface area contributed by atoms with Crippen LogP contribution in [0.1, 0.15) is 29.8 Å². The second-order valence-electron chi connectivity index (χ2n) is 5.25. The first kappa shape index (κ1) is 14.9. The highest BCUT2D eigenvalue weighted by Crippen LogP contribution is 2.22. The Balaban J connectivity index is 2.27. The second kappa shape index (κ2) is 6.31. The number of carbonyl (C=O) groups is 1. The van der Waals surface area contributed by atoms with Gasteiger partial charge in [0.05, 0.1) is 0 Å². The molecule has 110 valence electrons. The molecule has 0 spiro atoms. The van der Waals surface area contributed by atoms with Gasteiger partial charge in [0.25, 0.3) is 5.91 Å². The van der Waals surface area contributed by atoms with Crippen molar-refractivity contribution in [3.63, 3.8) is 0 Å². The average molecular weight is 285 g/mol. The molecule has 4 heteroatoms. The minimum absolute atomic E-state index is 0.00204. The van der Waals surface area contributed by atoms with Gasteiger partial charge in [0, 0.05) is 24.2 Å². The fourth-order valence-electron chi connectivity index (χ4n) is 2.15. The summed E-state index contributed by atoms with van der Waals surface area (Å²) < 4.78 is 0. The minimum atomic E-state index is -0.222. The Morgan fingerprint density at radius 1 is 1.05 bits per heavy atom. The van der Waals surface area contributed by atoms with Gasteiger partial charge < -0.3 is 15.1 Å². The molecule has 21 heavy (non-hydrogen) atoms. The number of aromatic hydroxyl groups is 2. The van der Waals surface area contributed by atoms with E-state index in [1.54, 1.807) is 4.90 Å². The van der Waals surface area contributed by atoms with Crippen LogP contribution in [0.4, 0.5) is 0 Å². The van der Waals surface area contributed by atoms with E-state index in [2.05, 4.69) is 0 Å². The average Bonchev–Trinajstić information content (AvgIpc) is 2.44. The van der Waals surface area contributed by atoms with E-state index in [-0.39, 0.29) is 29.0 Å². The molecule has 2 N–H and O–H groups in total. The van der Waals surface area contributed by atoms with E-state index in [0.29, 0.717) is 6.54 Å². The first-order valence-electron chi connectivity index (χ1n) is 6.85. The van der Waals surface area contributed by atoms with Gasteiger partial charge in [-0.1, -0.05) is 30.3 Å². The maximum Gasteiger partial charge on any atom is 0.254 e. The summed E-state index contributed by atoms with van der Waals surface area (Å²) in [6.45, 7) is 4.35. The molecule has 0 radical (unpaired) electrons. The van der Waals surface area contributed by atoms with E-state index in [9.17, 15) is 15.0 Å². The van der Waals surface area contributed by atoms with Crippen LogP contribution >= 0.6 is 0 Å². The van der Waals surface area contributed by atoms with Crippen LogP contribution in [0.15, 0.2) is 48.5 Å². The summed E-state index contributed by atoms with van der Waals surface area (Å²) in [7, 11) is 0. The predicted octanol–water partition coefficient (Wildman–Crippen LogP) is 3.15. The molecule has 1 amide bonds. The van der Waals surface area contributed by atoms with E-state index < -0.39 is 0 Å². The van der Waals surface area contributed by atoms with E-state index in [0.717, 1.165) is 5.56 Å². The Morgan fingerprint density at radius 3 is 2.14 bits per heavy atom. The molecule has 0 aliphatic rings. The number of amides is 1. The maximum absolute atomic E-state index is 12.6. The zero-order chi connectivity index (χ0) is 15.4. The van der Waals surface area contributed by atoms with Crippen LogP contribution < -0.4 is 0 Å². The fourth-order valence-corrected chi connectivity index (χ4v) is 2.15. The molecular formula is C17H19NO3. The number of nitrogens with zero attached hydrogens (tertiary/aromatic N) is 1. The lowest BCUT2D eigenvalue weighted by Gasteiger charge is -2.27. The molecule has 0 saturated heterocycles. The summed E-state index contributed by atoms with van der Waals surface area (Å²) in [5, 5.41) is 19.0. The van der Waals surface area contributed by atoms with Gasteiger partial charge in [0.2, 0.25) is 0 Å². The molecule has 0 aliphatic carbocycles. The van der Waals surface area contributed by atoms with E-state index in [1.807, 2.05) is 44.2 Å². The fraction of sp³-hybridized carbons (Fsp3) is 0.235. The van der Waals surface area contributed by atoms with Gasteiger partial charge in [-0.3, -0.25) is 4.79 Å². The number of hydrogen-bond donors (Lipinski definition) is 2. The first-order valence-corrected chi connectivity index (χ1v) is 6.85. The van der Waals surface area contributed by atoms with Gasteiger partial charge in [-0.2, -0.15) is 0 Å². The molecule has 0 heterocycles. The summed E-state index contributed by atoms with van der Waals surface area (Å²) in [6.07, 6.45) is 0. The van der Waals surface area contributed by atoms with E-state index in [1.165, 1.54) is 18.2 Å². The van der Waals surface area contributed by atoms with E-state index >= 15 is 0 Å². The van der Waals surface area contributed by atoms with Crippen molar-refractivity contribution in [2.45, 2.75) is 26.4 Å². The summed E-state index contributed by atoms with van der Waals surface area (Å²) in [4.78, 5) is 14.3. The van der Waals surface area contributed by atoms with Gasteiger partial charge in [0.15, 0.2) is 0 Å². The lowest BCUT2D eigenvalue weighted by Crippen LogP contribution is -2.36. The topological polar surface area (TPSA) is 60.8 Å². The maximum atomic E-state index is 12.6. The summed E-state index contributed by atoms with van der Waals surface area (Å²) in [5.74, 6) is -0.469. The third kappa shape index (κ3) is 3.75. The van der Waals surface area contributed by atoms with Crippen molar-refractivity contribution in [3.8, 4) is 11.5 Å². The zero-order valence-corrected chi connectivity index (χ0v) is 12.2. The zero-order valence-electron chi connectivity index (χ0n) is 12.2. The van der Waals surface area contributed by atoms with Crippen LogP contribution in [0.3, 0.4) is 0 Å². The Labute approximate surface area is 124 Å². The van der Waals surface area contributed by atoms with Gasteiger partial charge in [-0.15, -0.1) is 0 Å². The largest absolute Gasteiger partial charge is 0.508 e. The lowest BCUT2D eigenvalue weighted by atomic mass is 10.1. The van der Waals surface area contributed by atoms with Crippen molar-refractivity contribution < 1.29 is 15.0 Å². The molecule has 0 fully saturated rings. The van der Waals surface area contributed by atoms with Crippen LogP contribution in [0.25, 0.3) is 0 Å². The smallest absolute Gasteiger partial charge is 0.254 e. The lowest BCUT2D eigenvalue weighted by molar-refractivity contribution is 0.0689. The Hall–Kier alpha value is -2.49. The molecule has 0 unspecified atom stereocenters. The van der Waals surface area contributed by atoms with Gasteiger partial charge >= 0.3 is 0 Å². The van der Waals surface area contributed by atoms with Gasteiger partial charge in [-0.25, -0.2) is 0 Å². The molecule has 0 bridgehead atoms. The highest BCUT2D eigenvalue weighted by Gasteiger charge is 2.20. The number of carbonyl (C=O) groups excluding carboxylic acids is 1. The minimum Gasteiger partial charge on any atom is -0.508 e. The molecule has 0 aliphatic heterocycles. The van der Waals surface area contributed by atoms with Crippen LogP contribution in [0.5, 0.6) is 11.5 Å². The molecule has 4 nitrogen and oxygen atoms in total. The molecule has 2 rings (SSSR count). The summed E-state index contributed by atoms with van der Waals surface area (Å²) >= 11 is 0. The number of phenols is 2. The van der Waals surface area contributed by atoms with Crippen LogP contribution in [0, 0.1) is 0 Å². The molecule has 2 aromatic carbocycles. The van der Waals surface area contributed by atoms with Crippen molar-refractivity contribution in [1.82, 2.24) is 4.90 Å². The molecule has 0 atom stereocenters. The van der Waals surface area contributed by atoms with E-state index in [4.69, 9.17) is 0 Å². The standard InChI is InChI=1S/C17H19NO3/c1-12(2)18(11-13-6-4-3-5-7-13)17(21)14-8-15(19)10-16(20)9-14/h3-10,12,19-20H,11H2,1-2H3. The Kier molecular flexibility index (Phi) is 4.48. The molecular weight excluding hydrogens is 266 g/mol. The van der Waals surface area contributed by atoms with Crippen molar-refractivity contribution in [1.29, 1.82) is 0 Å². The first-order chi connectivity index (χ1) is 9.97. The predicted molar refractivity (Wildman–Crippen MR) is 81.2 cm³/mol. The van der Waals surface area contributed by atoms with Gasteiger partial charge in [-0.05, 0) is 31.5 Å². The third-order valence-corrected chi connectivity index (χ3v) is 3.23. The van der Waals surface area contributed by atoms with Crippen LogP contribution in [-0.4, -0.2) is 27.1 Å². The monoisotopic (exact) mass is 285 g/mol. The number of phenolic OH excluding ortho intramolecular Hbond substituents is 2. The van der Waals surface area contributed by atoms with Crippen LogP contribution in [0.2, 0.25) is 0 Å². The van der Waals surface area contributed by atoms with Crippen LogP contribution in [-0.2, 0) is 6.54 Å². The quantitative estimate of drug-likeness (QED) is 0.907. The second-order valence-corrected chi connectivity index (χ2v) is 5.25. The molecule has 0 aromatic heterocycles. The normalized spacial score (nSPS) is 10.6. The Morgan fingerprint density at radius 2 is 1.62 bits per heavy atom. The molecule has 2 aromatic rings. The summed E-state index contributed by atoms with van der Waals surface area (Å²) in [5.41, 5.74) is 1.31. The SMILES string of the molecule is CC(C)N(Cc1ccccc1)C(=O)c1cc(O)cc(O)c1. The highest BCUT2D eigenvalue weighted by atomic mass is 16.3. The van der Waals surface area contributed by atoms with Crippen molar-refractivity contribution in [2.75, 3.05) is 0 Å².